The van der Waals surface area contributed by atoms with Crippen molar-refractivity contribution in [2.45, 2.75) is 70.2 Å². The standard InChI is InChI=1S/C20H26F2N2O3/c1-3-13(2)23-18(25)17-12-27-20(7-5-4-6-8-20)24(17)19(26)14-9-15(21)11-16(22)10-14/h9-11,13,17H,3-8,12H2,1-2H3,(H,23,25)/t13-,17-/m1/s1. The van der Waals surface area contributed by atoms with Crippen LogP contribution in [0.5, 0.6) is 0 Å². The minimum Gasteiger partial charge on any atom is -0.353 e. The number of carbonyl (C=O) groups is 2. The van der Waals surface area contributed by atoms with Crippen molar-refractivity contribution in [1.82, 2.24) is 10.2 Å². The lowest BCUT2D eigenvalue weighted by molar-refractivity contribution is -0.127. The monoisotopic (exact) mass is 380 g/mol. The highest BCUT2D eigenvalue weighted by atomic mass is 19.1. The van der Waals surface area contributed by atoms with Crippen molar-refractivity contribution >= 4 is 11.8 Å². The Morgan fingerprint density at radius 2 is 1.85 bits per heavy atom. The van der Waals surface area contributed by atoms with E-state index in [9.17, 15) is 18.4 Å². The van der Waals surface area contributed by atoms with Gasteiger partial charge in [0.05, 0.1) is 6.61 Å². The fourth-order valence-corrected chi connectivity index (χ4v) is 3.93. The number of hydrogen-bond acceptors (Lipinski definition) is 3. The number of benzene rings is 1. The number of carbonyl (C=O) groups excluding carboxylic acids is 2. The van der Waals surface area contributed by atoms with E-state index in [1.54, 1.807) is 0 Å². The van der Waals surface area contributed by atoms with Crippen LogP contribution in [-0.4, -0.2) is 41.1 Å². The van der Waals surface area contributed by atoms with E-state index in [0.717, 1.165) is 43.9 Å². The highest BCUT2D eigenvalue weighted by Crippen LogP contribution is 2.41. The van der Waals surface area contributed by atoms with Gasteiger partial charge in [-0.2, -0.15) is 0 Å². The molecule has 1 N–H and O–H groups in total. The quantitative estimate of drug-likeness (QED) is 0.871. The van der Waals surface area contributed by atoms with Gasteiger partial charge in [-0.1, -0.05) is 13.3 Å². The molecule has 1 aliphatic carbocycles. The summed E-state index contributed by atoms with van der Waals surface area (Å²) in [5, 5.41) is 2.89. The molecule has 2 atom stereocenters. The normalized spacial score (nSPS) is 22.7. The van der Waals surface area contributed by atoms with E-state index in [1.807, 2.05) is 13.8 Å². The van der Waals surface area contributed by atoms with Gasteiger partial charge in [0.1, 0.15) is 23.4 Å². The van der Waals surface area contributed by atoms with Crippen LogP contribution in [0, 0.1) is 11.6 Å². The molecule has 2 amide bonds. The lowest BCUT2D eigenvalue weighted by Gasteiger charge is -2.41. The second kappa shape index (κ2) is 7.92. The second-order valence-corrected chi connectivity index (χ2v) is 7.48. The van der Waals surface area contributed by atoms with E-state index in [-0.39, 0.29) is 24.1 Å². The molecule has 3 rings (SSSR count). The maximum atomic E-state index is 13.7. The average molecular weight is 380 g/mol. The van der Waals surface area contributed by atoms with E-state index < -0.39 is 29.3 Å². The Morgan fingerprint density at radius 3 is 2.44 bits per heavy atom. The molecule has 1 saturated heterocycles. The van der Waals surface area contributed by atoms with Crippen LogP contribution in [0.25, 0.3) is 0 Å². The van der Waals surface area contributed by atoms with Crippen LogP contribution < -0.4 is 5.32 Å². The minimum absolute atomic E-state index is 0.0380. The highest BCUT2D eigenvalue weighted by Gasteiger charge is 2.53. The number of nitrogens with zero attached hydrogens (tertiary/aromatic N) is 1. The smallest absolute Gasteiger partial charge is 0.257 e. The zero-order valence-electron chi connectivity index (χ0n) is 15.8. The van der Waals surface area contributed by atoms with Crippen LogP contribution in [0.2, 0.25) is 0 Å². The molecular weight excluding hydrogens is 354 g/mol. The van der Waals surface area contributed by atoms with Gasteiger partial charge in [0, 0.05) is 17.7 Å². The molecule has 5 nitrogen and oxygen atoms in total. The lowest BCUT2D eigenvalue weighted by atomic mass is 9.89. The molecule has 0 aromatic heterocycles. The van der Waals surface area contributed by atoms with Crippen LogP contribution in [0.1, 0.15) is 62.7 Å². The number of hydrogen-bond donors (Lipinski definition) is 1. The van der Waals surface area contributed by atoms with Crippen molar-refractivity contribution < 1.29 is 23.1 Å². The van der Waals surface area contributed by atoms with E-state index in [4.69, 9.17) is 4.74 Å². The molecule has 2 fully saturated rings. The predicted molar refractivity (Wildman–Crippen MR) is 96.0 cm³/mol. The fourth-order valence-electron chi connectivity index (χ4n) is 3.93. The van der Waals surface area contributed by atoms with E-state index in [0.29, 0.717) is 12.8 Å². The molecule has 0 unspecified atom stereocenters. The summed E-state index contributed by atoms with van der Waals surface area (Å²) in [4.78, 5) is 27.4. The van der Waals surface area contributed by atoms with Crippen molar-refractivity contribution in [3.63, 3.8) is 0 Å². The molecule has 27 heavy (non-hydrogen) atoms. The maximum absolute atomic E-state index is 13.7. The fraction of sp³-hybridized carbons (Fsp3) is 0.600. The van der Waals surface area contributed by atoms with Crippen molar-refractivity contribution in [3.8, 4) is 0 Å². The summed E-state index contributed by atoms with van der Waals surface area (Å²) in [6.07, 6.45) is 4.77. The molecule has 0 radical (unpaired) electrons. The molecule has 7 heteroatoms. The first-order valence-corrected chi connectivity index (χ1v) is 9.60. The van der Waals surface area contributed by atoms with Gasteiger partial charge in [-0.25, -0.2) is 8.78 Å². The lowest BCUT2D eigenvalue weighted by Crippen LogP contribution is -2.57. The summed E-state index contributed by atoms with van der Waals surface area (Å²) >= 11 is 0. The minimum atomic E-state index is -0.879. The molecule has 1 aliphatic heterocycles. The van der Waals surface area contributed by atoms with Gasteiger partial charge in [0.25, 0.3) is 5.91 Å². The molecule has 1 aromatic rings. The SMILES string of the molecule is CC[C@@H](C)NC(=O)[C@H]1COC2(CCCCC2)N1C(=O)c1cc(F)cc(F)c1. The van der Waals surface area contributed by atoms with Crippen LogP contribution in [0.4, 0.5) is 8.78 Å². The van der Waals surface area contributed by atoms with Gasteiger partial charge in [-0.3, -0.25) is 14.5 Å². The summed E-state index contributed by atoms with van der Waals surface area (Å²) in [5.74, 6) is -2.51. The van der Waals surface area contributed by atoms with Crippen LogP contribution in [0.3, 0.4) is 0 Å². The summed E-state index contributed by atoms with van der Waals surface area (Å²) < 4.78 is 33.3. The molecule has 0 bridgehead atoms. The van der Waals surface area contributed by atoms with Crippen LogP contribution in [-0.2, 0) is 9.53 Å². The van der Waals surface area contributed by atoms with Gasteiger partial charge in [-0.15, -0.1) is 0 Å². The summed E-state index contributed by atoms with van der Waals surface area (Å²) in [5.41, 5.74) is -0.987. The van der Waals surface area contributed by atoms with Gasteiger partial charge in [0.2, 0.25) is 5.91 Å². The third kappa shape index (κ3) is 3.98. The topological polar surface area (TPSA) is 58.6 Å². The second-order valence-electron chi connectivity index (χ2n) is 7.48. The first-order valence-electron chi connectivity index (χ1n) is 9.60. The Bertz CT molecular complexity index is 699. The number of halogens is 2. The Hall–Kier alpha value is -2.02. The molecule has 148 valence electrons. The predicted octanol–water partition coefficient (Wildman–Crippen LogP) is 3.38. The van der Waals surface area contributed by atoms with Crippen LogP contribution in [0.15, 0.2) is 18.2 Å². The first-order chi connectivity index (χ1) is 12.9. The molecule has 2 aliphatic rings. The van der Waals surface area contributed by atoms with Crippen molar-refractivity contribution in [2.75, 3.05) is 6.61 Å². The largest absolute Gasteiger partial charge is 0.353 e. The summed E-state index contributed by atoms with van der Waals surface area (Å²) in [7, 11) is 0. The number of rotatable bonds is 4. The number of amides is 2. The average Bonchev–Trinajstić information content (AvgIpc) is 2.99. The summed E-state index contributed by atoms with van der Waals surface area (Å²) in [6, 6.07) is 1.88. The van der Waals surface area contributed by atoms with E-state index in [1.165, 1.54) is 4.90 Å². The number of nitrogens with one attached hydrogen (secondary N) is 1. The Balaban J connectivity index is 1.95. The molecule has 1 heterocycles. The summed E-state index contributed by atoms with van der Waals surface area (Å²) in [6.45, 7) is 3.93. The first kappa shape index (κ1) is 19.7. The highest BCUT2D eigenvalue weighted by molar-refractivity contribution is 5.98. The molecule has 1 aromatic carbocycles. The molecular formula is C20H26F2N2O3. The van der Waals surface area contributed by atoms with Gasteiger partial charge in [-0.05, 0) is 51.2 Å². The zero-order chi connectivity index (χ0) is 19.6. The Morgan fingerprint density at radius 1 is 1.22 bits per heavy atom. The Kier molecular flexibility index (Phi) is 5.79. The molecule has 1 saturated carbocycles. The van der Waals surface area contributed by atoms with Crippen molar-refractivity contribution in [1.29, 1.82) is 0 Å². The molecule has 1 spiro atoms. The maximum Gasteiger partial charge on any atom is 0.257 e. The third-order valence-corrected chi connectivity index (χ3v) is 5.53. The van der Waals surface area contributed by atoms with E-state index >= 15 is 0 Å². The van der Waals surface area contributed by atoms with Crippen molar-refractivity contribution in [3.05, 3.63) is 35.4 Å². The van der Waals surface area contributed by atoms with E-state index in [2.05, 4.69) is 5.32 Å². The van der Waals surface area contributed by atoms with Crippen LogP contribution >= 0.6 is 0 Å². The third-order valence-electron chi connectivity index (χ3n) is 5.53. The number of ether oxygens (including phenoxy) is 1. The van der Waals surface area contributed by atoms with Crippen molar-refractivity contribution in [2.24, 2.45) is 0 Å². The van der Waals surface area contributed by atoms with Gasteiger partial charge in [0.15, 0.2) is 0 Å². The van der Waals surface area contributed by atoms with Gasteiger partial charge >= 0.3 is 0 Å². The zero-order valence-corrected chi connectivity index (χ0v) is 15.8. The Labute approximate surface area is 158 Å². The van der Waals surface area contributed by atoms with Gasteiger partial charge < -0.3 is 10.1 Å².